The van der Waals surface area contributed by atoms with Gasteiger partial charge >= 0.3 is 11.9 Å². The lowest BCUT2D eigenvalue weighted by Gasteiger charge is -2.18. The van der Waals surface area contributed by atoms with Crippen LogP contribution in [0.1, 0.15) is 213 Å². The molecule has 0 saturated carbocycles. The monoisotopic (exact) mass is 671 g/mol. The summed E-state index contributed by atoms with van der Waals surface area (Å²) in [5.74, 6) is -0.880. The molecule has 1 N–H and O–H groups in total. The van der Waals surface area contributed by atoms with Crippen molar-refractivity contribution in [3.8, 4) is 0 Å². The second kappa shape index (κ2) is 39.3. The Morgan fingerprint density at radius 2 is 0.833 bits per heavy atom. The van der Waals surface area contributed by atoms with Crippen LogP contribution in [0.25, 0.3) is 0 Å². The normalized spacial score (nSPS) is 12.7. The second-order valence-electron chi connectivity index (χ2n) is 13.8. The van der Waals surface area contributed by atoms with Crippen molar-refractivity contribution in [2.45, 2.75) is 219 Å². The molecule has 1 atom stereocenters. The fourth-order valence-corrected chi connectivity index (χ4v) is 6.00. The molecule has 48 heavy (non-hydrogen) atoms. The maximum absolute atomic E-state index is 12.5. The van der Waals surface area contributed by atoms with E-state index in [0.29, 0.717) is 19.3 Å². The molecule has 0 aliphatic rings. The van der Waals surface area contributed by atoms with Crippen LogP contribution in [0.5, 0.6) is 0 Å². The number of hydrogen-bond donors (Lipinski definition) is 1. The largest absolute Gasteiger partial charge is 0.481 e. The number of aliphatic carboxylic acids is 1. The smallest absolute Gasteiger partial charge is 0.306 e. The Kier molecular flexibility index (Phi) is 37.6. The van der Waals surface area contributed by atoms with Crippen LogP contribution in [0.2, 0.25) is 0 Å². The third-order valence-electron chi connectivity index (χ3n) is 9.05. The summed E-state index contributed by atoms with van der Waals surface area (Å²) in [4.78, 5) is 23.5. The van der Waals surface area contributed by atoms with Crippen molar-refractivity contribution in [2.75, 3.05) is 0 Å². The molecule has 278 valence electrons. The molecular formula is C44H78O4. The van der Waals surface area contributed by atoms with Crippen molar-refractivity contribution in [1.29, 1.82) is 0 Å². The Labute approximate surface area is 298 Å². The molecule has 0 amide bonds. The molecule has 0 fully saturated rings. The van der Waals surface area contributed by atoms with Gasteiger partial charge in [0.15, 0.2) is 0 Å². The van der Waals surface area contributed by atoms with Gasteiger partial charge in [0, 0.05) is 12.8 Å². The molecule has 4 nitrogen and oxygen atoms in total. The summed E-state index contributed by atoms with van der Waals surface area (Å²) in [6.07, 6.45) is 52.7. The van der Waals surface area contributed by atoms with Gasteiger partial charge in [-0.15, -0.1) is 0 Å². The first-order valence-electron chi connectivity index (χ1n) is 20.6. The Morgan fingerprint density at radius 1 is 0.458 bits per heavy atom. The summed E-state index contributed by atoms with van der Waals surface area (Å²) in [7, 11) is 0. The van der Waals surface area contributed by atoms with Crippen molar-refractivity contribution in [1.82, 2.24) is 0 Å². The molecule has 0 aromatic rings. The van der Waals surface area contributed by atoms with Crippen molar-refractivity contribution in [2.24, 2.45) is 0 Å². The van der Waals surface area contributed by atoms with E-state index in [2.05, 4.69) is 62.5 Å². The topological polar surface area (TPSA) is 63.6 Å². The molecule has 0 aliphatic heterocycles. The quantitative estimate of drug-likeness (QED) is 0.0406. The van der Waals surface area contributed by atoms with Crippen LogP contribution >= 0.6 is 0 Å². The van der Waals surface area contributed by atoms with Gasteiger partial charge in [-0.05, 0) is 77.0 Å². The molecule has 0 heterocycles. The average Bonchev–Trinajstić information content (AvgIpc) is 3.07. The van der Waals surface area contributed by atoms with Gasteiger partial charge in [0.2, 0.25) is 0 Å². The number of ether oxygens (including phenoxy) is 1. The number of hydrogen-bond acceptors (Lipinski definition) is 3. The van der Waals surface area contributed by atoms with Gasteiger partial charge in [0.25, 0.3) is 0 Å². The van der Waals surface area contributed by atoms with E-state index in [0.717, 1.165) is 57.8 Å². The number of rotatable bonds is 37. The van der Waals surface area contributed by atoms with E-state index in [4.69, 9.17) is 9.84 Å². The molecule has 0 aromatic heterocycles. The van der Waals surface area contributed by atoms with E-state index >= 15 is 0 Å². The van der Waals surface area contributed by atoms with Gasteiger partial charge in [0.1, 0.15) is 6.10 Å². The van der Waals surface area contributed by atoms with Crippen LogP contribution in [-0.2, 0) is 14.3 Å². The van der Waals surface area contributed by atoms with E-state index in [1.807, 2.05) is 0 Å². The highest BCUT2D eigenvalue weighted by Crippen LogP contribution is 2.18. The standard InChI is InChI=1S/C44H78O4/c1-3-5-7-9-11-13-15-17-18-19-20-21-22-23-24-26-28-30-32-34-36-41-44(47)48-42(39-37-40-43(45)46)38-35-33-31-29-27-25-16-14-12-10-8-6-4-2/h11,13,17-18,20-21,23-24,42H,3-10,12,14-16,19,22,25-41H2,1-2H3,(H,45,46)/b13-11-,18-17-,21-20-,24-23-. The van der Waals surface area contributed by atoms with Crippen molar-refractivity contribution in [3.05, 3.63) is 48.6 Å². The molecule has 0 radical (unpaired) electrons. The SMILES string of the molecule is CCCCC/C=C\C/C=C\C/C=C\C/C=C\CCCCCCCC(=O)OC(CCCCCCCCCCCCCCC)CCCC(=O)O. The Hall–Kier alpha value is -2.10. The highest BCUT2D eigenvalue weighted by Gasteiger charge is 2.15. The maximum atomic E-state index is 12.5. The third kappa shape index (κ3) is 38.3. The summed E-state index contributed by atoms with van der Waals surface area (Å²) >= 11 is 0. The number of esters is 1. The van der Waals surface area contributed by atoms with E-state index in [1.54, 1.807) is 0 Å². The van der Waals surface area contributed by atoms with Gasteiger partial charge in [-0.25, -0.2) is 0 Å². The minimum atomic E-state index is -0.774. The molecule has 4 heteroatoms. The first kappa shape index (κ1) is 45.9. The molecule has 0 saturated heterocycles. The first-order chi connectivity index (χ1) is 23.6. The number of allylic oxidation sites excluding steroid dienone is 8. The van der Waals surface area contributed by atoms with Crippen molar-refractivity contribution < 1.29 is 19.4 Å². The van der Waals surface area contributed by atoms with Crippen LogP contribution in [0, 0.1) is 0 Å². The zero-order valence-electron chi connectivity index (χ0n) is 31.8. The van der Waals surface area contributed by atoms with Crippen molar-refractivity contribution >= 4 is 11.9 Å². The molecule has 0 rings (SSSR count). The third-order valence-corrected chi connectivity index (χ3v) is 9.05. The zero-order valence-corrected chi connectivity index (χ0v) is 31.8. The van der Waals surface area contributed by atoms with Gasteiger partial charge in [0.05, 0.1) is 0 Å². The van der Waals surface area contributed by atoms with Crippen LogP contribution in [0.15, 0.2) is 48.6 Å². The van der Waals surface area contributed by atoms with Crippen LogP contribution in [-0.4, -0.2) is 23.1 Å². The van der Waals surface area contributed by atoms with Crippen LogP contribution in [0.3, 0.4) is 0 Å². The number of carbonyl (C=O) groups is 2. The fourth-order valence-electron chi connectivity index (χ4n) is 6.00. The van der Waals surface area contributed by atoms with E-state index in [-0.39, 0.29) is 18.5 Å². The molecule has 1 unspecified atom stereocenters. The van der Waals surface area contributed by atoms with Gasteiger partial charge in [-0.1, -0.05) is 172 Å². The summed E-state index contributed by atoms with van der Waals surface area (Å²) in [5, 5.41) is 9.03. The lowest BCUT2D eigenvalue weighted by Crippen LogP contribution is -2.18. The average molecular weight is 671 g/mol. The lowest BCUT2D eigenvalue weighted by atomic mass is 10.0. The van der Waals surface area contributed by atoms with Crippen molar-refractivity contribution in [3.63, 3.8) is 0 Å². The number of carboxylic acid groups (broad SMARTS) is 1. The Balaban J connectivity index is 3.85. The molecule has 0 aromatic carbocycles. The highest BCUT2D eigenvalue weighted by atomic mass is 16.5. The maximum Gasteiger partial charge on any atom is 0.306 e. The minimum absolute atomic E-state index is 0.105. The fraction of sp³-hybridized carbons (Fsp3) is 0.773. The number of carboxylic acids is 1. The second-order valence-corrected chi connectivity index (χ2v) is 13.8. The van der Waals surface area contributed by atoms with Gasteiger partial charge in [-0.2, -0.15) is 0 Å². The van der Waals surface area contributed by atoms with E-state index < -0.39 is 5.97 Å². The summed E-state index contributed by atoms with van der Waals surface area (Å²) in [6.45, 7) is 4.52. The van der Waals surface area contributed by atoms with Crippen LogP contribution in [0.4, 0.5) is 0 Å². The summed E-state index contributed by atoms with van der Waals surface area (Å²) in [6, 6.07) is 0. The van der Waals surface area contributed by atoms with E-state index in [1.165, 1.54) is 116 Å². The predicted octanol–water partition coefficient (Wildman–Crippen LogP) is 14.3. The molecule has 0 aliphatic carbocycles. The number of unbranched alkanes of at least 4 members (excludes halogenated alkanes) is 20. The van der Waals surface area contributed by atoms with Crippen LogP contribution < -0.4 is 0 Å². The lowest BCUT2D eigenvalue weighted by molar-refractivity contribution is -0.150. The molecule has 0 bridgehead atoms. The first-order valence-corrected chi connectivity index (χ1v) is 20.6. The van der Waals surface area contributed by atoms with Gasteiger partial charge in [-0.3, -0.25) is 9.59 Å². The summed E-state index contributed by atoms with van der Waals surface area (Å²) < 4.78 is 5.83. The Morgan fingerprint density at radius 3 is 1.33 bits per heavy atom. The molecule has 0 spiro atoms. The highest BCUT2D eigenvalue weighted by molar-refractivity contribution is 5.69. The van der Waals surface area contributed by atoms with E-state index in [9.17, 15) is 9.59 Å². The summed E-state index contributed by atoms with van der Waals surface area (Å²) in [5.41, 5.74) is 0. The predicted molar refractivity (Wildman–Crippen MR) is 209 cm³/mol. The van der Waals surface area contributed by atoms with Gasteiger partial charge < -0.3 is 9.84 Å². The molecular weight excluding hydrogens is 592 g/mol. The Bertz CT molecular complexity index is 809. The number of carbonyl (C=O) groups excluding carboxylic acids is 1. The zero-order chi connectivity index (χ0) is 35.0. The minimum Gasteiger partial charge on any atom is -0.481 e.